The Morgan fingerprint density at radius 2 is 1.97 bits per heavy atom. The molecule has 8 heteroatoms. The predicted molar refractivity (Wildman–Crippen MR) is 105 cm³/mol. The van der Waals surface area contributed by atoms with Crippen molar-refractivity contribution in [1.82, 2.24) is 20.1 Å². The molecule has 0 unspecified atom stereocenters. The van der Waals surface area contributed by atoms with E-state index in [9.17, 15) is 13.2 Å². The van der Waals surface area contributed by atoms with Gasteiger partial charge in [-0.3, -0.25) is 10.1 Å². The van der Waals surface area contributed by atoms with Crippen molar-refractivity contribution in [2.24, 2.45) is 0 Å². The zero-order valence-electron chi connectivity index (χ0n) is 16.3. The monoisotopic (exact) mass is 404 g/mol. The average molecular weight is 404 g/mol. The van der Waals surface area contributed by atoms with E-state index in [-0.39, 0.29) is 5.75 Å². The fraction of sp³-hybridized carbons (Fsp3) is 0.333. The van der Waals surface area contributed by atoms with Crippen LogP contribution in [0.2, 0.25) is 0 Å². The number of nitrogens with zero attached hydrogens (tertiary/aromatic N) is 3. The largest absolute Gasteiger partial charge is 0.456 e. The first-order valence-corrected chi connectivity index (χ1v) is 9.38. The number of unbranched alkanes of at least 4 members (excludes halogenated alkanes) is 1. The summed E-state index contributed by atoms with van der Waals surface area (Å²) in [4.78, 5) is 6.05. The molecular weight excluding hydrogens is 381 g/mol. The molecule has 3 aromatic rings. The Morgan fingerprint density at radius 3 is 2.66 bits per heavy atom. The summed E-state index contributed by atoms with van der Waals surface area (Å²) in [5.74, 6) is 0.449. The Morgan fingerprint density at radius 1 is 1.14 bits per heavy atom. The molecule has 0 amide bonds. The molecule has 0 bridgehead atoms. The summed E-state index contributed by atoms with van der Waals surface area (Å²) in [6.07, 6.45) is 2.29. The van der Waals surface area contributed by atoms with Crippen molar-refractivity contribution in [3.8, 4) is 22.8 Å². The van der Waals surface area contributed by atoms with Crippen LogP contribution in [0.4, 0.5) is 13.2 Å². The molecule has 0 aliphatic heterocycles. The Kier molecular flexibility index (Phi) is 6.53. The third-order valence-corrected chi connectivity index (χ3v) is 4.44. The standard InChI is InChI=1S/C21H23F3N4O/c1-3-4-8-28(2)14-16-12-26-27-20(16)15-9-17(21(22,23)24)11-19(10-15)29-18-6-5-7-25-13-18/h5-7,9-13H,3-4,8,14H2,1-2H3,(H,26,27). The molecule has 2 heterocycles. The summed E-state index contributed by atoms with van der Waals surface area (Å²) in [5.41, 5.74) is 0.967. The zero-order valence-corrected chi connectivity index (χ0v) is 16.3. The smallest absolute Gasteiger partial charge is 0.416 e. The van der Waals surface area contributed by atoms with E-state index in [1.807, 2.05) is 7.05 Å². The molecular formula is C21H23F3N4O. The summed E-state index contributed by atoms with van der Waals surface area (Å²) in [6.45, 7) is 3.60. The van der Waals surface area contributed by atoms with Crippen LogP contribution in [0.15, 0.2) is 48.9 Å². The first kappa shape index (κ1) is 20.9. The summed E-state index contributed by atoms with van der Waals surface area (Å²) < 4.78 is 46.0. The number of hydrogen-bond donors (Lipinski definition) is 1. The lowest BCUT2D eigenvalue weighted by Gasteiger charge is -2.17. The molecule has 1 aromatic carbocycles. The molecule has 0 spiro atoms. The molecule has 0 atom stereocenters. The maximum atomic E-state index is 13.5. The number of benzene rings is 1. The van der Waals surface area contributed by atoms with Crippen molar-refractivity contribution in [3.05, 3.63) is 60.0 Å². The number of ether oxygens (including phenoxy) is 1. The molecule has 2 aromatic heterocycles. The molecule has 0 aliphatic rings. The summed E-state index contributed by atoms with van der Waals surface area (Å²) >= 11 is 0. The second-order valence-electron chi connectivity index (χ2n) is 6.90. The Bertz CT molecular complexity index is 925. The highest BCUT2D eigenvalue weighted by Crippen LogP contribution is 2.37. The number of nitrogens with one attached hydrogen (secondary N) is 1. The van der Waals surface area contributed by atoms with Gasteiger partial charge in [0.05, 0.1) is 23.7 Å². The summed E-state index contributed by atoms with van der Waals surface area (Å²) in [7, 11) is 1.98. The lowest BCUT2D eigenvalue weighted by atomic mass is 10.0. The molecule has 0 saturated heterocycles. The van der Waals surface area contributed by atoms with Crippen molar-refractivity contribution in [2.45, 2.75) is 32.5 Å². The predicted octanol–water partition coefficient (Wildman–Crippen LogP) is 5.51. The second-order valence-corrected chi connectivity index (χ2v) is 6.90. The van der Waals surface area contributed by atoms with Gasteiger partial charge in [-0.2, -0.15) is 18.3 Å². The number of aromatic nitrogens is 3. The van der Waals surface area contributed by atoms with Crippen molar-refractivity contribution in [2.75, 3.05) is 13.6 Å². The Labute approximate surface area is 167 Å². The number of pyridine rings is 1. The van der Waals surface area contributed by atoms with E-state index in [0.717, 1.165) is 37.1 Å². The molecule has 3 rings (SSSR count). The minimum absolute atomic E-state index is 0.0858. The van der Waals surface area contributed by atoms with E-state index < -0.39 is 11.7 Å². The quantitative estimate of drug-likeness (QED) is 0.538. The van der Waals surface area contributed by atoms with Crippen LogP contribution >= 0.6 is 0 Å². The van der Waals surface area contributed by atoms with Gasteiger partial charge >= 0.3 is 6.18 Å². The number of H-pyrrole nitrogens is 1. The SMILES string of the molecule is CCCCN(C)Cc1cn[nH]c1-c1cc(Oc2cccnc2)cc(C(F)(F)F)c1. The highest BCUT2D eigenvalue weighted by Gasteiger charge is 2.32. The van der Waals surface area contributed by atoms with Crippen LogP contribution in [0.3, 0.4) is 0 Å². The maximum Gasteiger partial charge on any atom is 0.416 e. The molecule has 0 fully saturated rings. The van der Waals surface area contributed by atoms with Crippen LogP contribution in [0.1, 0.15) is 30.9 Å². The van der Waals surface area contributed by atoms with E-state index in [1.165, 1.54) is 6.20 Å². The van der Waals surface area contributed by atoms with Crippen LogP contribution in [-0.2, 0) is 12.7 Å². The van der Waals surface area contributed by atoms with Crippen molar-refractivity contribution in [1.29, 1.82) is 0 Å². The van der Waals surface area contributed by atoms with Gasteiger partial charge < -0.3 is 9.64 Å². The van der Waals surface area contributed by atoms with Gasteiger partial charge in [0.2, 0.25) is 0 Å². The number of alkyl halides is 3. The van der Waals surface area contributed by atoms with Gasteiger partial charge in [-0.1, -0.05) is 13.3 Å². The lowest BCUT2D eigenvalue weighted by molar-refractivity contribution is -0.137. The molecule has 0 radical (unpaired) electrons. The minimum Gasteiger partial charge on any atom is -0.456 e. The van der Waals surface area contributed by atoms with Gasteiger partial charge in [0.15, 0.2) is 0 Å². The van der Waals surface area contributed by atoms with Crippen molar-refractivity contribution >= 4 is 0 Å². The number of halogens is 3. The lowest BCUT2D eigenvalue weighted by Crippen LogP contribution is -2.19. The van der Waals surface area contributed by atoms with Crippen LogP contribution < -0.4 is 4.74 Å². The maximum absolute atomic E-state index is 13.5. The van der Waals surface area contributed by atoms with Crippen LogP contribution in [0, 0.1) is 0 Å². The number of aromatic amines is 1. The second kappa shape index (κ2) is 9.09. The highest BCUT2D eigenvalue weighted by atomic mass is 19.4. The number of hydrogen-bond acceptors (Lipinski definition) is 4. The molecule has 1 N–H and O–H groups in total. The van der Waals surface area contributed by atoms with E-state index in [1.54, 1.807) is 30.6 Å². The third-order valence-electron chi connectivity index (χ3n) is 4.44. The van der Waals surface area contributed by atoms with Gasteiger partial charge in [-0.15, -0.1) is 0 Å². The van der Waals surface area contributed by atoms with E-state index in [2.05, 4.69) is 27.0 Å². The van der Waals surface area contributed by atoms with Gasteiger partial charge in [0.25, 0.3) is 0 Å². The fourth-order valence-corrected chi connectivity index (χ4v) is 2.99. The van der Waals surface area contributed by atoms with Crippen LogP contribution in [-0.4, -0.2) is 33.7 Å². The first-order valence-electron chi connectivity index (χ1n) is 9.38. The minimum atomic E-state index is -4.50. The topological polar surface area (TPSA) is 54.0 Å². The van der Waals surface area contributed by atoms with E-state index in [0.29, 0.717) is 23.6 Å². The summed E-state index contributed by atoms with van der Waals surface area (Å²) in [5, 5.41) is 6.89. The zero-order chi connectivity index (χ0) is 20.9. The van der Waals surface area contributed by atoms with Gasteiger partial charge in [0, 0.05) is 23.9 Å². The van der Waals surface area contributed by atoms with Crippen LogP contribution in [0.25, 0.3) is 11.3 Å². The Balaban J connectivity index is 1.95. The molecule has 0 saturated carbocycles. The first-order chi connectivity index (χ1) is 13.9. The van der Waals surface area contributed by atoms with Crippen LogP contribution in [0.5, 0.6) is 11.5 Å². The van der Waals surface area contributed by atoms with Gasteiger partial charge in [0.1, 0.15) is 11.5 Å². The van der Waals surface area contributed by atoms with Crippen molar-refractivity contribution < 1.29 is 17.9 Å². The van der Waals surface area contributed by atoms with Gasteiger partial charge in [-0.25, -0.2) is 0 Å². The Hall–Kier alpha value is -2.87. The highest BCUT2D eigenvalue weighted by molar-refractivity contribution is 5.66. The summed E-state index contributed by atoms with van der Waals surface area (Å²) in [6, 6.07) is 6.96. The normalized spacial score (nSPS) is 11.8. The van der Waals surface area contributed by atoms with E-state index in [4.69, 9.17) is 4.74 Å². The van der Waals surface area contributed by atoms with E-state index >= 15 is 0 Å². The average Bonchev–Trinajstić information content (AvgIpc) is 3.14. The molecule has 154 valence electrons. The molecule has 5 nitrogen and oxygen atoms in total. The fourth-order valence-electron chi connectivity index (χ4n) is 2.99. The molecule has 29 heavy (non-hydrogen) atoms. The number of rotatable bonds is 8. The molecule has 0 aliphatic carbocycles. The van der Waals surface area contributed by atoms with Gasteiger partial charge in [-0.05, 0) is 50.3 Å². The van der Waals surface area contributed by atoms with Crippen molar-refractivity contribution in [3.63, 3.8) is 0 Å². The third kappa shape index (κ3) is 5.57.